The Balaban J connectivity index is 1.59. The summed E-state index contributed by atoms with van der Waals surface area (Å²) < 4.78 is 12.7. The van der Waals surface area contributed by atoms with Crippen LogP contribution in [0.1, 0.15) is 11.3 Å². The second kappa shape index (κ2) is 7.69. The predicted octanol–water partition coefficient (Wildman–Crippen LogP) is 2.14. The number of halogens is 1. The van der Waals surface area contributed by atoms with Crippen molar-refractivity contribution in [1.29, 1.82) is 0 Å². The van der Waals surface area contributed by atoms with Gasteiger partial charge in [0, 0.05) is 30.6 Å². The van der Waals surface area contributed by atoms with Crippen LogP contribution in [0.2, 0.25) is 0 Å². The van der Waals surface area contributed by atoms with Gasteiger partial charge >= 0.3 is 0 Å². The van der Waals surface area contributed by atoms with Gasteiger partial charge in [-0.05, 0) is 17.7 Å². The summed E-state index contributed by atoms with van der Waals surface area (Å²) in [6.07, 6.45) is 4.11. The van der Waals surface area contributed by atoms with Crippen LogP contribution in [0.3, 0.4) is 0 Å². The molecule has 2 N–H and O–H groups in total. The van der Waals surface area contributed by atoms with Crippen LogP contribution >= 0.6 is 11.8 Å². The average Bonchev–Trinajstić information content (AvgIpc) is 2.94. The molecule has 0 atom stereocenters. The first-order valence-electron chi connectivity index (χ1n) is 6.30. The van der Waals surface area contributed by atoms with E-state index in [2.05, 4.69) is 15.3 Å². The molecule has 2 aromatic rings. The Morgan fingerprint density at radius 3 is 2.85 bits per heavy atom. The van der Waals surface area contributed by atoms with Crippen molar-refractivity contribution in [3.05, 3.63) is 53.9 Å². The first-order chi connectivity index (χ1) is 9.74. The van der Waals surface area contributed by atoms with Crippen LogP contribution < -0.4 is 5.32 Å². The van der Waals surface area contributed by atoms with Crippen LogP contribution in [-0.4, -0.2) is 28.2 Å². The maximum absolute atomic E-state index is 12.7. The quantitative estimate of drug-likeness (QED) is 0.822. The first kappa shape index (κ1) is 14.6. The van der Waals surface area contributed by atoms with Crippen LogP contribution in [-0.2, 0) is 17.0 Å². The van der Waals surface area contributed by atoms with E-state index in [9.17, 15) is 9.18 Å². The minimum Gasteiger partial charge on any atom is -0.355 e. The molecule has 4 nitrogen and oxygen atoms in total. The second-order valence-electron chi connectivity index (χ2n) is 4.30. The fraction of sp³-hybridized carbons (Fsp3) is 0.286. The largest absolute Gasteiger partial charge is 0.355 e. The van der Waals surface area contributed by atoms with Gasteiger partial charge in [0.25, 0.3) is 0 Å². The highest BCUT2D eigenvalue weighted by Gasteiger charge is 2.02. The lowest BCUT2D eigenvalue weighted by Crippen LogP contribution is -2.27. The SMILES string of the molecule is O=C(CSCc1ccc(F)cc1)NCCc1cnc[nH]1. The molecule has 106 valence electrons. The molecular formula is C14H16FN3OS. The zero-order chi connectivity index (χ0) is 14.2. The van der Waals surface area contributed by atoms with Gasteiger partial charge < -0.3 is 10.3 Å². The lowest BCUT2D eigenvalue weighted by Gasteiger charge is -2.04. The van der Waals surface area contributed by atoms with Gasteiger partial charge in [0.15, 0.2) is 0 Å². The average molecular weight is 293 g/mol. The number of aromatic nitrogens is 2. The van der Waals surface area contributed by atoms with Gasteiger partial charge in [-0.1, -0.05) is 12.1 Å². The second-order valence-corrected chi connectivity index (χ2v) is 5.28. The number of carbonyl (C=O) groups is 1. The van der Waals surface area contributed by atoms with E-state index in [4.69, 9.17) is 0 Å². The zero-order valence-corrected chi connectivity index (χ0v) is 11.8. The lowest BCUT2D eigenvalue weighted by atomic mass is 10.2. The molecule has 0 radical (unpaired) electrons. The van der Waals surface area contributed by atoms with Crippen molar-refractivity contribution in [3.8, 4) is 0 Å². The fourth-order valence-electron chi connectivity index (χ4n) is 1.65. The molecule has 0 spiro atoms. The number of carbonyl (C=O) groups excluding carboxylic acids is 1. The summed E-state index contributed by atoms with van der Waals surface area (Å²) in [5, 5.41) is 2.85. The van der Waals surface area contributed by atoms with Gasteiger partial charge in [-0.15, -0.1) is 11.8 Å². The summed E-state index contributed by atoms with van der Waals surface area (Å²) >= 11 is 1.51. The van der Waals surface area contributed by atoms with Crippen molar-refractivity contribution < 1.29 is 9.18 Å². The van der Waals surface area contributed by atoms with Crippen molar-refractivity contribution in [2.24, 2.45) is 0 Å². The van der Waals surface area contributed by atoms with Crippen LogP contribution in [0.25, 0.3) is 0 Å². The molecule has 0 saturated heterocycles. The first-order valence-corrected chi connectivity index (χ1v) is 7.45. The monoisotopic (exact) mass is 293 g/mol. The topological polar surface area (TPSA) is 57.8 Å². The van der Waals surface area contributed by atoms with Crippen molar-refractivity contribution >= 4 is 17.7 Å². The number of nitrogens with one attached hydrogen (secondary N) is 2. The molecule has 0 fully saturated rings. The van der Waals surface area contributed by atoms with Gasteiger partial charge in [-0.3, -0.25) is 4.79 Å². The van der Waals surface area contributed by atoms with E-state index in [1.54, 1.807) is 24.7 Å². The number of aromatic amines is 1. The number of thioether (sulfide) groups is 1. The maximum Gasteiger partial charge on any atom is 0.230 e. The number of H-pyrrole nitrogens is 1. The standard InChI is InChI=1S/C14H16FN3OS/c15-12-3-1-11(2-4-12)8-20-9-14(19)17-6-5-13-7-16-10-18-13/h1-4,7,10H,5-6,8-9H2,(H,16,18)(H,17,19). The summed E-state index contributed by atoms with van der Waals surface area (Å²) in [5.41, 5.74) is 2.02. The highest BCUT2D eigenvalue weighted by molar-refractivity contribution is 7.99. The molecule has 0 aliphatic carbocycles. The van der Waals surface area contributed by atoms with Crippen molar-refractivity contribution in [1.82, 2.24) is 15.3 Å². The Morgan fingerprint density at radius 2 is 2.15 bits per heavy atom. The van der Waals surface area contributed by atoms with Gasteiger partial charge in [-0.25, -0.2) is 9.37 Å². The van der Waals surface area contributed by atoms with Crippen molar-refractivity contribution in [2.45, 2.75) is 12.2 Å². The molecule has 0 aliphatic heterocycles. The Hall–Kier alpha value is -1.82. The van der Waals surface area contributed by atoms with Gasteiger partial charge in [0.1, 0.15) is 5.82 Å². The molecule has 0 saturated carbocycles. The van der Waals surface area contributed by atoms with E-state index in [1.807, 2.05) is 0 Å². The highest BCUT2D eigenvalue weighted by atomic mass is 32.2. The number of imidazole rings is 1. The number of hydrogen-bond donors (Lipinski definition) is 2. The third-order valence-electron chi connectivity index (χ3n) is 2.69. The summed E-state index contributed by atoms with van der Waals surface area (Å²) in [6.45, 7) is 0.595. The van der Waals surface area contributed by atoms with E-state index >= 15 is 0 Å². The Morgan fingerprint density at radius 1 is 1.35 bits per heavy atom. The molecule has 1 aromatic carbocycles. The lowest BCUT2D eigenvalue weighted by molar-refractivity contribution is -0.118. The van der Waals surface area contributed by atoms with E-state index in [-0.39, 0.29) is 11.7 Å². The smallest absolute Gasteiger partial charge is 0.230 e. The molecule has 0 bridgehead atoms. The van der Waals surface area contributed by atoms with E-state index < -0.39 is 0 Å². The molecule has 6 heteroatoms. The summed E-state index contributed by atoms with van der Waals surface area (Å²) in [4.78, 5) is 18.5. The van der Waals surface area contributed by atoms with Crippen molar-refractivity contribution in [2.75, 3.05) is 12.3 Å². The van der Waals surface area contributed by atoms with E-state index in [1.165, 1.54) is 23.9 Å². The number of nitrogens with zero attached hydrogens (tertiary/aromatic N) is 1. The van der Waals surface area contributed by atoms with Gasteiger partial charge in [0.2, 0.25) is 5.91 Å². The summed E-state index contributed by atoms with van der Waals surface area (Å²) in [5.74, 6) is 0.876. The maximum atomic E-state index is 12.7. The number of hydrogen-bond acceptors (Lipinski definition) is 3. The van der Waals surface area contributed by atoms with E-state index in [0.717, 1.165) is 17.7 Å². The van der Waals surface area contributed by atoms with Gasteiger partial charge in [0.05, 0.1) is 12.1 Å². The molecular weight excluding hydrogens is 277 g/mol. The Bertz CT molecular complexity index is 528. The molecule has 0 unspecified atom stereocenters. The summed E-state index contributed by atoms with van der Waals surface area (Å²) in [6, 6.07) is 6.33. The fourth-order valence-corrected chi connectivity index (χ4v) is 2.47. The summed E-state index contributed by atoms with van der Waals surface area (Å²) in [7, 11) is 0. The van der Waals surface area contributed by atoms with E-state index in [0.29, 0.717) is 18.1 Å². The third-order valence-corrected chi connectivity index (χ3v) is 3.69. The van der Waals surface area contributed by atoms with Crippen LogP contribution in [0.5, 0.6) is 0 Å². The minimum atomic E-state index is -0.240. The van der Waals surface area contributed by atoms with Crippen molar-refractivity contribution in [3.63, 3.8) is 0 Å². The zero-order valence-electron chi connectivity index (χ0n) is 10.9. The molecule has 2 rings (SSSR count). The number of benzene rings is 1. The van der Waals surface area contributed by atoms with Crippen LogP contribution in [0, 0.1) is 5.82 Å². The number of amides is 1. The Kier molecular flexibility index (Phi) is 5.61. The molecule has 1 heterocycles. The predicted molar refractivity (Wildman–Crippen MR) is 77.9 cm³/mol. The van der Waals surface area contributed by atoms with Crippen LogP contribution in [0.15, 0.2) is 36.8 Å². The molecule has 1 amide bonds. The minimum absolute atomic E-state index is 0.0108. The molecule has 20 heavy (non-hydrogen) atoms. The normalized spacial score (nSPS) is 10.4. The highest BCUT2D eigenvalue weighted by Crippen LogP contribution is 2.12. The Labute approximate surface area is 121 Å². The molecule has 1 aromatic heterocycles. The van der Waals surface area contributed by atoms with Crippen LogP contribution in [0.4, 0.5) is 4.39 Å². The van der Waals surface area contributed by atoms with Gasteiger partial charge in [-0.2, -0.15) is 0 Å². The molecule has 0 aliphatic rings. The third kappa shape index (κ3) is 5.05. The number of rotatable bonds is 7.